The lowest BCUT2D eigenvalue weighted by atomic mass is 9.80. The number of β-amino-alcohol motifs (C(OH)–C–C–N with tert-alkyl or cyclic N) is 1. The third-order valence-electron chi connectivity index (χ3n) is 3.71. The molecule has 0 radical (unpaired) electrons. The van der Waals surface area contributed by atoms with E-state index in [2.05, 4.69) is 12.2 Å². The van der Waals surface area contributed by atoms with E-state index in [1.165, 1.54) is 0 Å². The van der Waals surface area contributed by atoms with Crippen LogP contribution < -0.4 is 5.32 Å². The van der Waals surface area contributed by atoms with E-state index in [0.717, 1.165) is 45.2 Å². The average molecular weight is 226 g/mol. The van der Waals surface area contributed by atoms with Crippen LogP contribution in [0.2, 0.25) is 0 Å². The van der Waals surface area contributed by atoms with Crippen LogP contribution in [0.5, 0.6) is 0 Å². The van der Waals surface area contributed by atoms with Crippen molar-refractivity contribution in [3.05, 3.63) is 0 Å². The first-order valence-electron chi connectivity index (χ1n) is 6.39. The molecule has 2 aliphatic rings. The van der Waals surface area contributed by atoms with Crippen LogP contribution in [0, 0.1) is 0 Å². The van der Waals surface area contributed by atoms with E-state index in [1.807, 2.05) is 4.90 Å². The second kappa shape index (κ2) is 4.72. The summed E-state index contributed by atoms with van der Waals surface area (Å²) in [6, 6.07) is -0.0105. The van der Waals surface area contributed by atoms with Gasteiger partial charge >= 0.3 is 0 Å². The van der Waals surface area contributed by atoms with Crippen molar-refractivity contribution in [2.45, 2.75) is 50.7 Å². The van der Waals surface area contributed by atoms with E-state index in [-0.39, 0.29) is 11.9 Å². The Hall–Kier alpha value is -0.610. The fourth-order valence-corrected chi connectivity index (χ4v) is 2.50. The van der Waals surface area contributed by atoms with Crippen LogP contribution in [-0.2, 0) is 4.79 Å². The van der Waals surface area contributed by atoms with Crippen LogP contribution in [0.15, 0.2) is 0 Å². The SMILES string of the molecule is CCCNC1CCN(CC2(O)CCC2)C1=O. The highest BCUT2D eigenvalue weighted by molar-refractivity contribution is 5.84. The Labute approximate surface area is 97.0 Å². The number of hydrogen-bond donors (Lipinski definition) is 2. The first-order chi connectivity index (χ1) is 7.64. The highest BCUT2D eigenvalue weighted by Gasteiger charge is 2.40. The molecule has 0 bridgehead atoms. The van der Waals surface area contributed by atoms with Crippen LogP contribution in [-0.4, -0.2) is 47.2 Å². The summed E-state index contributed by atoms with van der Waals surface area (Å²) in [7, 11) is 0. The minimum Gasteiger partial charge on any atom is -0.388 e. The number of carbonyl (C=O) groups excluding carboxylic acids is 1. The van der Waals surface area contributed by atoms with Crippen LogP contribution in [0.3, 0.4) is 0 Å². The molecule has 1 saturated heterocycles. The molecule has 0 spiro atoms. The highest BCUT2D eigenvalue weighted by Crippen LogP contribution is 2.33. The fraction of sp³-hybridized carbons (Fsp3) is 0.917. The molecule has 1 aliphatic carbocycles. The van der Waals surface area contributed by atoms with Crippen LogP contribution in [0.4, 0.5) is 0 Å². The van der Waals surface area contributed by atoms with Crippen molar-refractivity contribution in [3.63, 3.8) is 0 Å². The van der Waals surface area contributed by atoms with Gasteiger partial charge in [-0.15, -0.1) is 0 Å². The Morgan fingerprint density at radius 3 is 2.88 bits per heavy atom. The highest BCUT2D eigenvalue weighted by atomic mass is 16.3. The Morgan fingerprint density at radius 2 is 2.31 bits per heavy atom. The molecule has 1 unspecified atom stereocenters. The molecule has 2 rings (SSSR count). The van der Waals surface area contributed by atoms with Gasteiger partial charge in [0, 0.05) is 13.1 Å². The number of nitrogens with zero attached hydrogens (tertiary/aromatic N) is 1. The van der Waals surface area contributed by atoms with Gasteiger partial charge in [-0.1, -0.05) is 6.92 Å². The standard InChI is InChI=1S/C12H22N2O2/c1-2-7-13-10-4-8-14(11(10)15)9-12(16)5-3-6-12/h10,13,16H,2-9H2,1H3. The van der Waals surface area contributed by atoms with Gasteiger partial charge in [-0.2, -0.15) is 0 Å². The summed E-state index contributed by atoms with van der Waals surface area (Å²) in [5.74, 6) is 0.175. The molecule has 4 heteroatoms. The molecule has 2 N–H and O–H groups in total. The molecule has 0 aromatic rings. The maximum atomic E-state index is 12.0. The van der Waals surface area contributed by atoms with Crippen LogP contribution in [0.25, 0.3) is 0 Å². The maximum Gasteiger partial charge on any atom is 0.239 e. The molecular weight excluding hydrogens is 204 g/mol. The van der Waals surface area contributed by atoms with Gasteiger partial charge in [0.2, 0.25) is 5.91 Å². The Kier molecular flexibility index (Phi) is 3.50. The third kappa shape index (κ3) is 2.38. The summed E-state index contributed by atoms with van der Waals surface area (Å²) in [5.41, 5.74) is -0.574. The number of hydrogen-bond acceptors (Lipinski definition) is 3. The zero-order valence-corrected chi connectivity index (χ0v) is 10.0. The summed E-state index contributed by atoms with van der Waals surface area (Å²) in [6.07, 6.45) is 4.73. The van der Waals surface area contributed by atoms with Gasteiger partial charge in [0.1, 0.15) is 0 Å². The van der Waals surface area contributed by atoms with Gasteiger partial charge in [-0.25, -0.2) is 0 Å². The number of nitrogens with one attached hydrogen (secondary N) is 1. The van der Waals surface area contributed by atoms with Crippen molar-refractivity contribution >= 4 is 5.91 Å². The minimum absolute atomic E-state index is 0.0105. The largest absolute Gasteiger partial charge is 0.388 e. The van der Waals surface area contributed by atoms with E-state index < -0.39 is 5.60 Å². The molecule has 0 aromatic carbocycles. The van der Waals surface area contributed by atoms with Gasteiger partial charge in [-0.05, 0) is 38.6 Å². The lowest BCUT2D eigenvalue weighted by molar-refractivity contribution is -0.135. The quantitative estimate of drug-likeness (QED) is 0.718. The van der Waals surface area contributed by atoms with Gasteiger partial charge in [0.05, 0.1) is 11.6 Å². The predicted molar refractivity (Wildman–Crippen MR) is 62.1 cm³/mol. The normalized spacial score (nSPS) is 28.2. The Bertz CT molecular complexity index is 264. The molecule has 1 saturated carbocycles. The number of amides is 1. The zero-order valence-electron chi connectivity index (χ0n) is 10.0. The molecule has 0 aromatic heterocycles. The molecule has 92 valence electrons. The molecular formula is C12H22N2O2. The lowest BCUT2D eigenvalue weighted by Crippen LogP contribution is -2.50. The van der Waals surface area contributed by atoms with E-state index in [1.54, 1.807) is 0 Å². The molecule has 1 amide bonds. The molecule has 2 fully saturated rings. The molecule has 1 atom stereocenters. The summed E-state index contributed by atoms with van der Waals surface area (Å²) in [5, 5.41) is 13.3. The molecule has 16 heavy (non-hydrogen) atoms. The van der Waals surface area contributed by atoms with Crippen LogP contribution >= 0.6 is 0 Å². The average Bonchev–Trinajstić information content (AvgIpc) is 2.56. The number of likely N-dealkylation sites (tertiary alicyclic amines) is 1. The van der Waals surface area contributed by atoms with Crippen molar-refractivity contribution in [2.75, 3.05) is 19.6 Å². The summed E-state index contributed by atoms with van der Waals surface area (Å²) in [6.45, 7) is 4.33. The van der Waals surface area contributed by atoms with Gasteiger partial charge in [-0.3, -0.25) is 4.79 Å². The third-order valence-corrected chi connectivity index (χ3v) is 3.71. The van der Waals surface area contributed by atoms with Gasteiger partial charge in [0.25, 0.3) is 0 Å². The van der Waals surface area contributed by atoms with E-state index in [4.69, 9.17) is 0 Å². The predicted octanol–water partition coefficient (Wildman–Crippen LogP) is 0.502. The number of aliphatic hydroxyl groups is 1. The summed E-state index contributed by atoms with van der Waals surface area (Å²) in [4.78, 5) is 13.8. The first-order valence-corrected chi connectivity index (χ1v) is 6.39. The first kappa shape index (κ1) is 11.9. The summed E-state index contributed by atoms with van der Waals surface area (Å²) < 4.78 is 0. The fourth-order valence-electron chi connectivity index (χ4n) is 2.50. The number of rotatable bonds is 5. The second-order valence-corrected chi connectivity index (χ2v) is 5.13. The minimum atomic E-state index is -0.574. The second-order valence-electron chi connectivity index (χ2n) is 5.13. The maximum absolute atomic E-state index is 12.0. The van der Waals surface area contributed by atoms with Crippen molar-refractivity contribution in [3.8, 4) is 0 Å². The molecule has 4 nitrogen and oxygen atoms in total. The van der Waals surface area contributed by atoms with E-state index in [9.17, 15) is 9.90 Å². The van der Waals surface area contributed by atoms with E-state index in [0.29, 0.717) is 6.54 Å². The lowest BCUT2D eigenvalue weighted by Gasteiger charge is -2.39. The monoisotopic (exact) mass is 226 g/mol. The van der Waals surface area contributed by atoms with Gasteiger partial charge < -0.3 is 15.3 Å². The van der Waals surface area contributed by atoms with Crippen molar-refractivity contribution in [1.82, 2.24) is 10.2 Å². The Morgan fingerprint density at radius 1 is 1.56 bits per heavy atom. The zero-order chi connectivity index (χ0) is 11.6. The Balaban J connectivity index is 1.82. The van der Waals surface area contributed by atoms with Crippen LogP contribution in [0.1, 0.15) is 39.0 Å². The van der Waals surface area contributed by atoms with E-state index >= 15 is 0 Å². The van der Waals surface area contributed by atoms with Crippen molar-refractivity contribution < 1.29 is 9.90 Å². The van der Waals surface area contributed by atoms with Crippen molar-refractivity contribution in [1.29, 1.82) is 0 Å². The topological polar surface area (TPSA) is 52.6 Å². The van der Waals surface area contributed by atoms with Gasteiger partial charge in [0.15, 0.2) is 0 Å². The summed E-state index contributed by atoms with van der Waals surface area (Å²) >= 11 is 0. The smallest absolute Gasteiger partial charge is 0.239 e. The number of carbonyl (C=O) groups is 1. The molecule has 1 heterocycles. The molecule has 1 aliphatic heterocycles. The van der Waals surface area contributed by atoms with Crippen molar-refractivity contribution in [2.24, 2.45) is 0 Å².